The summed E-state index contributed by atoms with van der Waals surface area (Å²) in [6.45, 7) is 0. The fourth-order valence-electron chi connectivity index (χ4n) is 1.81. The van der Waals surface area contributed by atoms with E-state index in [4.69, 9.17) is 28.9 Å². The highest BCUT2D eigenvalue weighted by Crippen LogP contribution is 2.27. The number of nitrogens with two attached hydrogens (primary N) is 1. The van der Waals surface area contributed by atoms with Gasteiger partial charge in [0.25, 0.3) is 0 Å². The summed E-state index contributed by atoms with van der Waals surface area (Å²) in [5.41, 5.74) is 6.60. The lowest BCUT2D eigenvalue weighted by Gasteiger charge is -2.14. The van der Waals surface area contributed by atoms with Crippen molar-refractivity contribution in [3.63, 3.8) is 0 Å². The molecule has 0 aromatic heterocycles. The van der Waals surface area contributed by atoms with E-state index in [1.807, 2.05) is 0 Å². The molecule has 5 heteroatoms. The van der Waals surface area contributed by atoms with E-state index in [9.17, 15) is 8.78 Å². The summed E-state index contributed by atoms with van der Waals surface area (Å²) in [7, 11) is 0. The Kier molecular flexibility index (Phi) is 4.40. The maximum atomic E-state index is 13.5. The molecule has 2 rings (SSSR count). The third-order valence-corrected chi connectivity index (χ3v) is 3.60. The van der Waals surface area contributed by atoms with E-state index in [1.165, 1.54) is 18.2 Å². The van der Waals surface area contributed by atoms with Crippen molar-refractivity contribution in [2.24, 2.45) is 5.73 Å². The number of benzene rings is 2. The summed E-state index contributed by atoms with van der Waals surface area (Å²) in [6, 6.07) is 8.08. The highest BCUT2D eigenvalue weighted by molar-refractivity contribution is 6.42. The molecule has 1 nitrogen and oxygen atoms in total. The van der Waals surface area contributed by atoms with E-state index in [2.05, 4.69) is 0 Å². The van der Waals surface area contributed by atoms with Gasteiger partial charge in [-0.25, -0.2) is 8.78 Å². The first kappa shape index (κ1) is 14.3. The van der Waals surface area contributed by atoms with Gasteiger partial charge in [-0.3, -0.25) is 0 Å². The summed E-state index contributed by atoms with van der Waals surface area (Å²) >= 11 is 11.7. The van der Waals surface area contributed by atoms with Crippen LogP contribution in [0.4, 0.5) is 8.78 Å². The molecule has 0 bridgehead atoms. The summed E-state index contributed by atoms with van der Waals surface area (Å²) in [5.74, 6) is -1.20. The highest BCUT2D eigenvalue weighted by Gasteiger charge is 2.15. The summed E-state index contributed by atoms with van der Waals surface area (Å²) in [4.78, 5) is 0. The van der Waals surface area contributed by atoms with E-state index in [0.717, 1.165) is 0 Å². The third kappa shape index (κ3) is 3.24. The molecule has 0 fully saturated rings. The fourth-order valence-corrected chi connectivity index (χ4v) is 2.11. The second-order valence-corrected chi connectivity index (χ2v) is 5.00. The van der Waals surface area contributed by atoms with Crippen molar-refractivity contribution in [2.45, 2.75) is 12.5 Å². The third-order valence-electron chi connectivity index (χ3n) is 2.86. The van der Waals surface area contributed by atoms with Crippen LogP contribution >= 0.6 is 23.2 Å². The van der Waals surface area contributed by atoms with Gasteiger partial charge in [-0.15, -0.1) is 0 Å². The van der Waals surface area contributed by atoms with E-state index >= 15 is 0 Å². The second-order valence-electron chi connectivity index (χ2n) is 4.18. The topological polar surface area (TPSA) is 26.0 Å². The minimum atomic E-state index is -0.601. The van der Waals surface area contributed by atoms with Crippen molar-refractivity contribution < 1.29 is 8.78 Å². The summed E-state index contributed by atoms with van der Waals surface area (Å²) in [5, 5.41) is 0.776. The molecule has 0 amide bonds. The second kappa shape index (κ2) is 5.87. The molecule has 2 aromatic carbocycles. The Morgan fingerprint density at radius 1 is 1.00 bits per heavy atom. The average Bonchev–Trinajstić information content (AvgIpc) is 2.37. The molecule has 0 saturated carbocycles. The molecule has 2 aromatic rings. The Morgan fingerprint density at radius 3 is 2.21 bits per heavy atom. The average molecular weight is 302 g/mol. The van der Waals surface area contributed by atoms with E-state index in [0.29, 0.717) is 15.6 Å². The molecule has 0 spiro atoms. The molecule has 0 radical (unpaired) electrons. The predicted molar refractivity (Wildman–Crippen MR) is 73.5 cm³/mol. The van der Waals surface area contributed by atoms with E-state index in [1.54, 1.807) is 18.2 Å². The molecule has 1 unspecified atom stereocenters. The van der Waals surface area contributed by atoms with Gasteiger partial charge in [-0.05, 0) is 36.2 Å². The summed E-state index contributed by atoms with van der Waals surface area (Å²) < 4.78 is 27.1. The van der Waals surface area contributed by atoms with E-state index < -0.39 is 17.7 Å². The van der Waals surface area contributed by atoms with Gasteiger partial charge in [-0.2, -0.15) is 0 Å². The maximum Gasteiger partial charge on any atom is 0.129 e. The van der Waals surface area contributed by atoms with Gasteiger partial charge in [0.15, 0.2) is 0 Å². The van der Waals surface area contributed by atoms with Crippen molar-refractivity contribution in [1.82, 2.24) is 0 Å². The number of halogens is 4. The maximum absolute atomic E-state index is 13.5. The van der Waals surface area contributed by atoms with Crippen molar-refractivity contribution in [3.8, 4) is 0 Å². The number of hydrogen-bond donors (Lipinski definition) is 1. The predicted octanol–water partition coefficient (Wildman–Crippen LogP) is 4.51. The SMILES string of the molecule is NC(Cc1c(F)cccc1F)c1ccc(Cl)c(Cl)c1. The van der Waals surface area contributed by atoms with Gasteiger partial charge in [0.2, 0.25) is 0 Å². The van der Waals surface area contributed by atoms with Crippen LogP contribution in [0.3, 0.4) is 0 Å². The minimum Gasteiger partial charge on any atom is -0.324 e. The molecular weight excluding hydrogens is 291 g/mol. The molecule has 0 saturated heterocycles. The molecule has 0 heterocycles. The molecule has 1 atom stereocenters. The van der Waals surface area contributed by atoms with Crippen molar-refractivity contribution >= 4 is 23.2 Å². The molecule has 100 valence electrons. The number of rotatable bonds is 3. The zero-order valence-electron chi connectivity index (χ0n) is 9.84. The molecular formula is C14H11Cl2F2N. The van der Waals surface area contributed by atoms with Crippen LogP contribution in [0.1, 0.15) is 17.2 Å². The van der Waals surface area contributed by atoms with Gasteiger partial charge in [0, 0.05) is 11.6 Å². The largest absolute Gasteiger partial charge is 0.324 e. The smallest absolute Gasteiger partial charge is 0.129 e. The summed E-state index contributed by atoms with van der Waals surface area (Å²) in [6.07, 6.45) is 0.0521. The first-order valence-corrected chi connectivity index (χ1v) is 6.38. The van der Waals surface area contributed by atoms with Crippen LogP contribution in [0.5, 0.6) is 0 Å². The first-order chi connectivity index (χ1) is 8.99. The number of hydrogen-bond acceptors (Lipinski definition) is 1. The van der Waals surface area contributed by atoms with Crippen LogP contribution in [-0.4, -0.2) is 0 Å². The van der Waals surface area contributed by atoms with Crippen LogP contribution in [0.15, 0.2) is 36.4 Å². The van der Waals surface area contributed by atoms with Crippen LogP contribution < -0.4 is 5.73 Å². The Bertz CT molecular complexity index is 582. The van der Waals surface area contributed by atoms with Crippen molar-refractivity contribution in [1.29, 1.82) is 0 Å². The van der Waals surface area contributed by atoms with E-state index in [-0.39, 0.29) is 12.0 Å². The zero-order chi connectivity index (χ0) is 14.0. The van der Waals surface area contributed by atoms with Gasteiger partial charge >= 0.3 is 0 Å². The molecule has 2 N–H and O–H groups in total. The quantitative estimate of drug-likeness (QED) is 0.886. The Labute approximate surface area is 119 Å². The Hall–Kier alpha value is -1.16. The molecule has 0 aliphatic heterocycles. The van der Waals surface area contributed by atoms with Gasteiger partial charge in [0.05, 0.1) is 10.0 Å². The molecule has 19 heavy (non-hydrogen) atoms. The fraction of sp³-hybridized carbons (Fsp3) is 0.143. The zero-order valence-corrected chi connectivity index (χ0v) is 11.3. The molecule has 0 aliphatic rings. The monoisotopic (exact) mass is 301 g/mol. The Morgan fingerprint density at radius 2 is 1.63 bits per heavy atom. The van der Waals surface area contributed by atoms with Gasteiger partial charge in [-0.1, -0.05) is 35.3 Å². The standard InChI is InChI=1S/C14H11Cl2F2N/c15-10-5-4-8(6-11(10)16)14(19)7-9-12(17)2-1-3-13(9)18/h1-6,14H,7,19H2. The van der Waals surface area contributed by atoms with Crippen LogP contribution in [-0.2, 0) is 6.42 Å². The lowest BCUT2D eigenvalue weighted by Crippen LogP contribution is -2.15. The first-order valence-electron chi connectivity index (χ1n) is 5.62. The normalized spacial score (nSPS) is 12.5. The Balaban J connectivity index is 2.25. The van der Waals surface area contributed by atoms with Crippen molar-refractivity contribution in [2.75, 3.05) is 0 Å². The lowest BCUT2D eigenvalue weighted by atomic mass is 9.99. The molecule has 0 aliphatic carbocycles. The highest BCUT2D eigenvalue weighted by atomic mass is 35.5. The minimum absolute atomic E-state index is 0.0268. The van der Waals surface area contributed by atoms with Gasteiger partial charge < -0.3 is 5.73 Å². The van der Waals surface area contributed by atoms with Crippen LogP contribution in [0.25, 0.3) is 0 Å². The lowest BCUT2D eigenvalue weighted by molar-refractivity contribution is 0.540. The van der Waals surface area contributed by atoms with Crippen LogP contribution in [0.2, 0.25) is 10.0 Å². The van der Waals surface area contributed by atoms with Crippen molar-refractivity contribution in [3.05, 3.63) is 69.2 Å². The van der Waals surface area contributed by atoms with Gasteiger partial charge in [0.1, 0.15) is 11.6 Å². The van der Waals surface area contributed by atoms with Crippen LogP contribution in [0, 0.1) is 11.6 Å².